The predicted octanol–water partition coefficient (Wildman–Crippen LogP) is 6.90. The van der Waals surface area contributed by atoms with E-state index < -0.39 is 0 Å². The number of rotatable bonds is 8. The van der Waals surface area contributed by atoms with Crippen molar-refractivity contribution in [1.82, 2.24) is 9.47 Å². The second-order valence-corrected chi connectivity index (χ2v) is 8.76. The Balaban J connectivity index is 1.82. The van der Waals surface area contributed by atoms with Crippen LogP contribution < -0.4 is 4.74 Å². The van der Waals surface area contributed by atoms with Crippen molar-refractivity contribution in [3.63, 3.8) is 0 Å². The molecular weight excluding hydrogens is 432 g/mol. The van der Waals surface area contributed by atoms with Crippen LogP contribution >= 0.6 is 11.6 Å². The molecule has 0 unspecified atom stereocenters. The summed E-state index contributed by atoms with van der Waals surface area (Å²) in [5.41, 5.74) is 3.57. The van der Waals surface area contributed by atoms with Gasteiger partial charge in [0, 0.05) is 27.4 Å². The average molecular weight is 461 g/mol. The zero-order valence-corrected chi connectivity index (χ0v) is 19.8. The zero-order valence-electron chi connectivity index (χ0n) is 19.0. The number of ketones is 1. The third-order valence-electron chi connectivity index (χ3n) is 6.07. The lowest BCUT2D eigenvalue weighted by atomic mass is 10.0. The highest BCUT2D eigenvalue weighted by Gasteiger charge is 2.24. The molecule has 0 bridgehead atoms. The van der Waals surface area contributed by atoms with Crippen LogP contribution in [0.25, 0.3) is 16.6 Å². The van der Waals surface area contributed by atoms with Gasteiger partial charge in [-0.25, -0.2) is 0 Å². The maximum Gasteiger partial charge on any atom is 0.179 e. The second kappa shape index (κ2) is 10.2. The molecule has 0 aliphatic carbocycles. The summed E-state index contributed by atoms with van der Waals surface area (Å²) >= 11 is 6.12. The molecule has 0 atom stereocenters. The van der Waals surface area contributed by atoms with Crippen molar-refractivity contribution < 1.29 is 9.53 Å². The van der Waals surface area contributed by atoms with Crippen molar-refractivity contribution >= 4 is 28.3 Å². The lowest BCUT2D eigenvalue weighted by molar-refractivity contribution is 0.0916. The molecule has 1 aromatic heterocycles. The number of hydrogen-bond donors (Lipinski definition) is 0. The fourth-order valence-corrected chi connectivity index (χ4v) is 4.66. The van der Waals surface area contributed by atoms with E-state index in [1.54, 1.807) is 18.2 Å². The highest BCUT2D eigenvalue weighted by molar-refractivity contribution is 6.30. The van der Waals surface area contributed by atoms with Crippen LogP contribution in [0.15, 0.2) is 79.6 Å². The average Bonchev–Trinajstić information content (AvgIpc) is 3.11. The monoisotopic (exact) mass is 460 g/mol. The number of piperidine rings is 1. The van der Waals surface area contributed by atoms with E-state index in [4.69, 9.17) is 16.3 Å². The molecule has 0 N–H and O–H groups in total. The van der Waals surface area contributed by atoms with Crippen LogP contribution in [-0.4, -0.2) is 34.9 Å². The first-order valence-electron chi connectivity index (χ1n) is 11.3. The lowest BCUT2D eigenvalue weighted by Crippen LogP contribution is -2.34. The van der Waals surface area contributed by atoms with Crippen molar-refractivity contribution in [2.45, 2.75) is 26.2 Å². The zero-order chi connectivity index (χ0) is 23.4. The highest BCUT2D eigenvalue weighted by atomic mass is 35.5. The maximum absolute atomic E-state index is 13.6. The Hall–Kier alpha value is -3.08. The number of halogens is 1. The molecule has 2 aromatic carbocycles. The largest absolute Gasteiger partial charge is 0.457 e. The quantitative estimate of drug-likeness (QED) is 0.208. The Morgan fingerprint density at radius 2 is 1.82 bits per heavy atom. The number of Topliss-reactive ketones (excluding diaryl/α,β-unsaturated/α-hetero) is 1. The molecule has 4 nitrogen and oxygen atoms in total. The van der Waals surface area contributed by atoms with Gasteiger partial charge >= 0.3 is 0 Å². The number of aromatic nitrogens is 1. The second-order valence-electron chi connectivity index (χ2n) is 8.32. The molecule has 0 amide bonds. The molecule has 5 heteroatoms. The number of allylic oxidation sites excluding steroid dienone is 3. The SMILES string of the molecule is C=C/C=C(\C=C)Oc1ccc2c(c1)c(C(=O)CN1CCCCC1)c(C)n2-c1ccc(Cl)cc1. The van der Waals surface area contributed by atoms with Crippen molar-refractivity contribution in [3.8, 4) is 11.4 Å². The number of ether oxygens (including phenoxy) is 1. The van der Waals surface area contributed by atoms with Gasteiger partial charge in [-0.15, -0.1) is 0 Å². The van der Waals surface area contributed by atoms with Crippen LogP contribution in [0.3, 0.4) is 0 Å². The third kappa shape index (κ3) is 4.97. The van der Waals surface area contributed by atoms with E-state index >= 15 is 0 Å². The predicted molar refractivity (Wildman–Crippen MR) is 137 cm³/mol. The highest BCUT2D eigenvalue weighted by Crippen LogP contribution is 2.33. The minimum absolute atomic E-state index is 0.134. The summed E-state index contributed by atoms with van der Waals surface area (Å²) in [4.78, 5) is 15.8. The van der Waals surface area contributed by atoms with Gasteiger partial charge in [0.1, 0.15) is 11.5 Å². The number of likely N-dealkylation sites (tertiary alicyclic amines) is 1. The summed E-state index contributed by atoms with van der Waals surface area (Å²) in [6.45, 7) is 11.9. The molecule has 1 aliphatic heterocycles. The van der Waals surface area contributed by atoms with Gasteiger partial charge < -0.3 is 9.30 Å². The van der Waals surface area contributed by atoms with Gasteiger partial charge in [-0.2, -0.15) is 0 Å². The summed E-state index contributed by atoms with van der Waals surface area (Å²) in [7, 11) is 0. The van der Waals surface area contributed by atoms with Crippen molar-refractivity contribution in [3.05, 3.63) is 95.9 Å². The fraction of sp³-hybridized carbons (Fsp3) is 0.250. The molecule has 1 saturated heterocycles. The molecule has 0 saturated carbocycles. The van der Waals surface area contributed by atoms with Crippen LogP contribution in [-0.2, 0) is 0 Å². The van der Waals surface area contributed by atoms with Crippen LogP contribution in [0, 0.1) is 6.92 Å². The van der Waals surface area contributed by atoms with Crippen LogP contribution in [0.5, 0.6) is 5.75 Å². The van der Waals surface area contributed by atoms with E-state index in [0.717, 1.165) is 53.8 Å². The van der Waals surface area contributed by atoms with Gasteiger partial charge in [-0.3, -0.25) is 9.69 Å². The molecule has 170 valence electrons. The molecule has 3 aromatic rings. The summed E-state index contributed by atoms with van der Waals surface area (Å²) in [5, 5.41) is 1.56. The summed E-state index contributed by atoms with van der Waals surface area (Å²) in [6.07, 6.45) is 8.59. The molecule has 0 radical (unpaired) electrons. The molecule has 33 heavy (non-hydrogen) atoms. The van der Waals surface area contributed by atoms with Gasteiger partial charge in [-0.1, -0.05) is 37.3 Å². The number of carbonyl (C=O) groups is 1. The van der Waals surface area contributed by atoms with Crippen LogP contribution in [0.1, 0.15) is 35.3 Å². The molecule has 1 fully saturated rings. The van der Waals surface area contributed by atoms with Crippen molar-refractivity contribution in [2.24, 2.45) is 0 Å². The standard InChI is InChI=1S/C28H29ClN2O2/c1-4-9-23(5-2)33-24-14-15-26-25(18-24)28(27(32)19-30-16-7-6-8-17-30)20(3)31(26)22-12-10-21(29)11-13-22/h4-5,9-15,18H,1-2,6-8,16-17,19H2,3H3/b23-9+. The van der Waals surface area contributed by atoms with E-state index in [0.29, 0.717) is 23.1 Å². The van der Waals surface area contributed by atoms with Gasteiger partial charge in [-0.05, 0) is 87.5 Å². The van der Waals surface area contributed by atoms with E-state index in [9.17, 15) is 4.79 Å². The molecule has 2 heterocycles. The third-order valence-corrected chi connectivity index (χ3v) is 6.33. The Morgan fingerprint density at radius 1 is 1.09 bits per heavy atom. The van der Waals surface area contributed by atoms with Gasteiger partial charge in [0.2, 0.25) is 0 Å². The number of carbonyl (C=O) groups excluding carboxylic acids is 1. The summed E-state index contributed by atoms with van der Waals surface area (Å²) in [5.74, 6) is 1.38. The van der Waals surface area contributed by atoms with E-state index in [2.05, 4.69) is 22.6 Å². The first-order valence-corrected chi connectivity index (χ1v) is 11.7. The molecule has 1 aliphatic rings. The molecule has 0 spiro atoms. The number of benzene rings is 2. The minimum atomic E-state index is 0.134. The van der Waals surface area contributed by atoms with Crippen LogP contribution in [0.2, 0.25) is 5.02 Å². The normalized spacial score (nSPS) is 14.9. The fourth-order valence-electron chi connectivity index (χ4n) is 4.53. The first-order chi connectivity index (χ1) is 16.0. The Labute approximate surface area is 200 Å². The smallest absolute Gasteiger partial charge is 0.179 e. The summed E-state index contributed by atoms with van der Waals surface area (Å²) in [6, 6.07) is 13.5. The summed E-state index contributed by atoms with van der Waals surface area (Å²) < 4.78 is 8.11. The maximum atomic E-state index is 13.6. The Morgan fingerprint density at radius 3 is 2.48 bits per heavy atom. The minimum Gasteiger partial charge on any atom is -0.457 e. The van der Waals surface area contributed by atoms with E-state index in [1.807, 2.05) is 49.4 Å². The van der Waals surface area contributed by atoms with Gasteiger partial charge in [0.15, 0.2) is 5.78 Å². The molecule has 4 rings (SSSR count). The Bertz CT molecular complexity index is 1210. The lowest BCUT2D eigenvalue weighted by Gasteiger charge is -2.25. The van der Waals surface area contributed by atoms with E-state index in [-0.39, 0.29) is 5.78 Å². The van der Waals surface area contributed by atoms with Gasteiger partial charge in [0.05, 0.1) is 12.1 Å². The Kier molecular flexibility index (Phi) is 7.17. The van der Waals surface area contributed by atoms with Gasteiger partial charge in [0.25, 0.3) is 0 Å². The molecular formula is C28H29ClN2O2. The van der Waals surface area contributed by atoms with Crippen molar-refractivity contribution in [1.29, 1.82) is 0 Å². The topological polar surface area (TPSA) is 34.5 Å². The number of nitrogens with zero attached hydrogens (tertiary/aromatic N) is 2. The van der Waals surface area contributed by atoms with E-state index in [1.165, 1.54) is 6.42 Å². The number of hydrogen-bond acceptors (Lipinski definition) is 3. The first kappa shape index (κ1) is 23.1. The number of fused-ring (bicyclic) bond motifs is 1. The van der Waals surface area contributed by atoms with Crippen molar-refractivity contribution in [2.75, 3.05) is 19.6 Å². The van der Waals surface area contributed by atoms with Crippen LogP contribution in [0.4, 0.5) is 0 Å².